The summed E-state index contributed by atoms with van der Waals surface area (Å²) in [4.78, 5) is 10.9. The molecule has 2 aromatic carbocycles. The Balaban J connectivity index is 1.92. The van der Waals surface area contributed by atoms with E-state index < -0.39 is 5.97 Å². The average Bonchev–Trinajstić information content (AvgIpc) is 2.51. The van der Waals surface area contributed by atoms with E-state index in [0.717, 1.165) is 11.3 Å². The molecule has 2 rings (SSSR count). The Morgan fingerprint density at radius 3 is 2.52 bits per heavy atom. The van der Waals surface area contributed by atoms with E-state index in [2.05, 4.69) is 26.0 Å². The minimum Gasteiger partial charge on any atom is -0.490 e. The second-order valence-electron chi connectivity index (χ2n) is 5.73. The highest BCUT2D eigenvalue weighted by Gasteiger charge is 2.08. The third-order valence-electron chi connectivity index (χ3n) is 3.48. The first-order chi connectivity index (χ1) is 11.0. The molecule has 0 saturated carbocycles. The number of rotatable bonds is 7. The summed E-state index contributed by atoms with van der Waals surface area (Å²) in [5.74, 6) is 0.830. The first-order valence-electron chi connectivity index (χ1n) is 7.67. The van der Waals surface area contributed by atoms with Gasteiger partial charge in [-0.1, -0.05) is 32.0 Å². The van der Waals surface area contributed by atoms with Crippen LogP contribution in [-0.4, -0.2) is 24.3 Å². The van der Waals surface area contributed by atoms with Crippen molar-refractivity contribution in [2.24, 2.45) is 0 Å². The first-order valence-corrected chi connectivity index (χ1v) is 7.67. The summed E-state index contributed by atoms with van der Waals surface area (Å²) in [5, 5.41) is 8.96. The average molecular weight is 314 g/mol. The quantitative estimate of drug-likeness (QED) is 0.775. The molecule has 4 nitrogen and oxygen atoms in total. The van der Waals surface area contributed by atoms with Gasteiger partial charge in [0.2, 0.25) is 0 Å². The molecule has 1 N–H and O–H groups in total. The van der Waals surface area contributed by atoms with Crippen LogP contribution in [0, 0.1) is 6.92 Å². The summed E-state index contributed by atoms with van der Waals surface area (Å²) in [5.41, 5.74) is 2.53. The van der Waals surface area contributed by atoms with Gasteiger partial charge in [-0.25, -0.2) is 4.79 Å². The standard InChI is InChI=1S/C19H22O4/c1-13(2)17-8-7-14(3)11-18(17)23-10-9-22-16-6-4-5-15(12-16)19(20)21/h4-8,11-13H,9-10H2,1-3H3,(H,20,21). The summed E-state index contributed by atoms with van der Waals surface area (Å²) in [6.07, 6.45) is 0. The highest BCUT2D eigenvalue weighted by atomic mass is 16.5. The van der Waals surface area contributed by atoms with Crippen LogP contribution in [0.25, 0.3) is 0 Å². The van der Waals surface area contributed by atoms with E-state index in [1.54, 1.807) is 12.1 Å². The van der Waals surface area contributed by atoms with Crippen molar-refractivity contribution in [1.29, 1.82) is 0 Å². The molecule has 0 radical (unpaired) electrons. The van der Waals surface area contributed by atoms with Crippen LogP contribution >= 0.6 is 0 Å². The number of aromatic carboxylic acids is 1. The molecule has 0 saturated heterocycles. The van der Waals surface area contributed by atoms with Crippen LogP contribution in [0.3, 0.4) is 0 Å². The fourth-order valence-electron chi connectivity index (χ4n) is 2.27. The topological polar surface area (TPSA) is 55.8 Å². The SMILES string of the molecule is Cc1ccc(C(C)C)c(OCCOc2cccc(C(=O)O)c2)c1. The van der Waals surface area contributed by atoms with E-state index in [1.165, 1.54) is 17.7 Å². The molecule has 2 aromatic rings. The monoisotopic (exact) mass is 314 g/mol. The molecule has 23 heavy (non-hydrogen) atoms. The second kappa shape index (κ2) is 7.68. The van der Waals surface area contributed by atoms with Gasteiger partial charge in [-0.15, -0.1) is 0 Å². The third kappa shape index (κ3) is 4.74. The maximum absolute atomic E-state index is 10.9. The van der Waals surface area contributed by atoms with Crippen LogP contribution in [0.5, 0.6) is 11.5 Å². The number of carbonyl (C=O) groups is 1. The van der Waals surface area contributed by atoms with Gasteiger partial charge in [0.15, 0.2) is 0 Å². The van der Waals surface area contributed by atoms with Crippen LogP contribution in [0.4, 0.5) is 0 Å². The van der Waals surface area contributed by atoms with Gasteiger partial charge in [0.05, 0.1) is 5.56 Å². The number of hydrogen-bond donors (Lipinski definition) is 1. The zero-order chi connectivity index (χ0) is 16.8. The van der Waals surface area contributed by atoms with E-state index in [1.807, 2.05) is 13.0 Å². The minimum atomic E-state index is -0.965. The van der Waals surface area contributed by atoms with Crippen LogP contribution < -0.4 is 9.47 Å². The Kier molecular flexibility index (Phi) is 5.63. The van der Waals surface area contributed by atoms with Gasteiger partial charge < -0.3 is 14.6 Å². The Hall–Kier alpha value is -2.49. The summed E-state index contributed by atoms with van der Waals surface area (Å²) < 4.78 is 11.4. The van der Waals surface area contributed by atoms with Crippen LogP contribution in [-0.2, 0) is 0 Å². The van der Waals surface area contributed by atoms with Crippen LogP contribution in [0.15, 0.2) is 42.5 Å². The van der Waals surface area contributed by atoms with Crippen LogP contribution in [0.1, 0.15) is 41.3 Å². The van der Waals surface area contributed by atoms with Gasteiger partial charge in [-0.05, 0) is 48.2 Å². The molecule has 0 unspecified atom stereocenters. The molecule has 0 bridgehead atoms. The molecule has 0 aromatic heterocycles. The number of aryl methyl sites for hydroxylation is 1. The third-order valence-corrected chi connectivity index (χ3v) is 3.48. The number of benzene rings is 2. The Morgan fingerprint density at radius 1 is 1.09 bits per heavy atom. The van der Waals surface area contributed by atoms with Crippen LogP contribution in [0.2, 0.25) is 0 Å². The van der Waals surface area contributed by atoms with E-state index in [-0.39, 0.29) is 5.56 Å². The van der Waals surface area contributed by atoms with Crippen molar-refractivity contribution < 1.29 is 19.4 Å². The Bertz CT molecular complexity index is 677. The van der Waals surface area contributed by atoms with E-state index in [9.17, 15) is 4.79 Å². The number of ether oxygens (including phenoxy) is 2. The molecule has 122 valence electrons. The second-order valence-corrected chi connectivity index (χ2v) is 5.73. The Morgan fingerprint density at radius 2 is 1.83 bits per heavy atom. The molecule has 0 spiro atoms. The molecular weight excluding hydrogens is 292 g/mol. The molecular formula is C19H22O4. The van der Waals surface area contributed by atoms with E-state index >= 15 is 0 Å². The molecule has 0 aliphatic heterocycles. The minimum absolute atomic E-state index is 0.212. The fraction of sp³-hybridized carbons (Fsp3) is 0.316. The summed E-state index contributed by atoms with van der Waals surface area (Å²) in [7, 11) is 0. The first kappa shape index (κ1) is 16.9. The fourth-order valence-corrected chi connectivity index (χ4v) is 2.27. The predicted octanol–water partition coefficient (Wildman–Crippen LogP) is 4.27. The smallest absolute Gasteiger partial charge is 0.335 e. The lowest BCUT2D eigenvalue weighted by Gasteiger charge is -2.15. The largest absolute Gasteiger partial charge is 0.490 e. The van der Waals surface area contributed by atoms with Crippen molar-refractivity contribution in [3.05, 3.63) is 59.2 Å². The highest BCUT2D eigenvalue weighted by Crippen LogP contribution is 2.27. The van der Waals surface area contributed by atoms with Gasteiger partial charge in [0, 0.05) is 0 Å². The van der Waals surface area contributed by atoms with Gasteiger partial charge in [-0.3, -0.25) is 0 Å². The molecule has 0 heterocycles. The van der Waals surface area contributed by atoms with Gasteiger partial charge in [0.25, 0.3) is 0 Å². The summed E-state index contributed by atoms with van der Waals surface area (Å²) in [6.45, 7) is 7.05. The summed E-state index contributed by atoms with van der Waals surface area (Å²) >= 11 is 0. The number of carboxylic acid groups (broad SMARTS) is 1. The van der Waals surface area contributed by atoms with Gasteiger partial charge in [-0.2, -0.15) is 0 Å². The maximum atomic E-state index is 10.9. The van der Waals surface area contributed by atoms with E-state index in [4.69, 9.17) is 14.6 Å². The van der Waals surface area contributed by atoms with Crippen molar-refractivity contribution in [3.63, 3.8) is 0 Å². The van der Waals surface area contributed by atoms with Crippen molar-refractivity contribution in [1.82, 2.24) is 0 Å². The normalized spacial score (nSPS) is 10.6. The maximum Gasteiger partial charge on any atom is 0.335 e. The lowest BCUT2D eigenvalue weighted by Crippen LogP contribution is -2.10. The summed E-state index contributed by atoms with van der Waals surface area (Å²) in [6, 6.07) is 12.6. The van der Waals surface area contributed by atoms with E-state index in [0.29, 0.717) is 24.9 Å². The highest BCUT2D eigenvalue weighted by molar-refractivity contribution is 5.87. The lowest BCUT2D eigenvalue weighted by molar-refractivity contribution is 0.0696. The van der Waals surface area contributed by atoms with Crippen molar-refractivity contribution in [2.75, 3.05) is 13.2 Å². The molecule has 0 amide bonds. The van der Waals surface area contributed by atoms with Crippen molar-refractivity contribution >= 4 is 5.97 Å². The molecule has 0 aliphatic rings. The van der Waals surface area contributed by atoms with Gasteiger partial charge >= 0.3 is 5.97 Å². The molecule has 0 fully saturated rings. The van der Waals surface area contributed by atoms with Gasteiger partial charge in [0.1, 0.15) is 24.7 Å². The zero-order valence-electron chi connectivity index (χ0n) is 13.7. The lowest BCUT2D eigenvalue weighted by atomic mass is 10.0. The predicted molar refractivity (Wildman–Crippen MR) is 89.7 cm³/mol. The molecule has 4 heteroatoms. The van der Waals surface area contributed by atoms with Crippen molar-refractivity contribution in [2.45, 2.75) is 26.7 Å². The zero-order valence-corrected chi connectivity index (χ0v) is 13.7. The molecule has 0 aliphatic carbocycles. The number of carboxylic acids is 1. The number of hydrogen-bond acceptors (Lipinski definition) is 3. The Labute approximate surface area is 136 Å². The molecule has 0 atom stereocenters. The van der Waals surface area contributed by atoms with Crippen molar-refractivity contribution in [3.8, 4) is 11.5 Å².